The van der Waals surface area contributed by atoms with Gasteiger partial charge in [-0.15, -0.1) is 0 Å². The van der Waals surface area contributed by atoms with E-state index in [-0.39, 0.29) is 12.3 Å². The lowest BCUT2D eigenvalue weighted by Crippen LogP contribution is -2.27. The number of halogens is 2. The van der Waals surface area contributed by atoms with Crippen molar-refractivity contribution >= 4 is 27.8 Å². The second kappa shape index (κ2) is 4.68. The number of nitrogens with zero attached hydrogens (tertiary/aromatic N) is 1. The predicted molar refractivity (Wildman–Crippen MR) is 65.4 cm³/mol. The Hall–Kier alpha value is -1.43. The van der Waals surface area contributed by atoms with E-state index in [0.717, 1.165) is 0 Å². The molecule has 1 fully saturated rings. The minimum atomic E-state index is -1.02. The first-order valence-electron chi connectivity index (χ1n) is 5.35. The molecule has 1 aliphatic heterocycles. The summed E-state index contributed by atoms with van der Waals surface area (Å²) in [5.74, 6) is -2.45. The summed E-state index contributed by atoms with van der Waals surface area (Å²) in [6, 6.07) is 3.47. The minimum Gasteiger partial charge on any atom is -0.481 e. The first-order chi connectivity index (χ1) is 8.41. The topological polar surface area (TPSA) is 57.6 Å². The summed E-state index contributed by atoms with van der Waals surface area (Å²) >= 11 is 3.21. The van der Waals surface area contributed by atoms with E-state index in [1.54, 1.807) is 7.05 Å². The van der Waals surface area contributed by atoms with Gasteiger partial charge < -0.3 is 10.0 Å². The Morgan fingerprint density at radius 3 is 2.78 bits per heavy atom. The number of hydrogen-bond acceptors (Lipinski definition) is 2. The SMILES string of the molecule is CN1C(=O)CC(C(=O)O)C1c1ccc(F)cc1Br. The third kappa shape index (κ3) is 2.12. The fraction of sp³-hybridized carbons (Fsp3) is 0.333. The molecule has 2 unspecified atom stereocenters. The molecule has 96 valence electrons. The maximum absolute atomic E-state index is 13.0. The summed E-state index contributed by atoms with van der Waals surface area (Å²) in [5.41, 5.74) is 0.608. The molecule has 0 aliphatic carbocycles. The number of benzene rings is 1. The Morgan fingerprint density at radius 1 is 1.56 bits per heavy atom. The number of carbonyl (C=O) groups is 2. The van der Waals surface area contributed by atoms with Crippen LogP contribution in [0.4, 0.5) is 4.39 Å². The molecule has 0 aromatic heterocycles. The van der Waals surface area contributed by atoms with Crippen molar-refractivity contribution in [2.75, 3.05) is 7.05 Å². The van der Waals surface area contributed by atoms with Crippen molar-refractivity contribution in [1.29, 1.82) is 0 Å². The first-order valence-corrected chi connectivity index (χ1v) is 6.14. The molecule has 1 saturated heterocycles. The normalized spacial score (nSPS) is 23.5. The molecule has 1 heterocycles. The van der Waals surface area contributed by atoms with Gasteiger partial charge in [-0.25, -0.2) is 4.39 Å². The summed E-state index contributed by atoms with van der Waals surface area (Å²) in [6.07, 6.45) is -0.0275. The average Bonchev–Trinajstić information content (AvgIpc) is 2.57. The van der Waals surface area contributed by atoms with Gasteiger partial charge in [0, 0.05) is 17.9 Å². The van der Waals surface area contributed by atoms with E-state index in [9.17, 15) is 14.0 Å². The highest BCUT2D eigenvalue weighted by molar-refractivity contribution is 9.10. The second-order valence-corrected chi connectivity index (χ2v) is 5.12. The Balaban J connectivity index is 2.46. The fourth-order valence-corrected chi connectivity index (χ4v) is 2.84. The molecule has 1 aromatic carbocycles. The first kappa shape index (κ1) is 13.0. The maximum atomic E-state index is 13.0. The van der Waals surface area contributed by atoms with Gasteiger partial charge in [0.1, 0.15) is 5.82 Å². The molecule has 2 rings (SSSR count). The Kier molecular flexibility index (Phi) is 3.38. The number of carboxylic acid groups (broad SMARTS) is 1. The Morgan fingerprint density at radius 2 is 2.22 bits per heavy atom. The van der Waals surface area contributed by atoms with Crippen molar-refractivity contribution in [2.45, 2.75) is 12.5 Å². The van der Waals surface area contributed by atoms with Gasteiger partial charge in [-0.05, 0) is 17.7 Å². The zero-order valence-electron chi connectivity index (χ0n) is 9.56. The highest BCUT2D eigenvalue weighted by Gasteiger charge is 2.43. The van der Waals surface area contributed by atoms with E-state index in [0.29, 0.717) is 10.0 Å². The minimum absolute atomic E-state index is 0.0275. The average molecular weight is 316 g/mol. The molecule has 4 nitrogen and oxygen atoms in total. The van der Waals surface area contributed by atoms with Crippen LogP contribution in [-0.2, 0) is 9.59 Å². The lowest BCUT2D eigenvalue weighted by atomic mass is 9.94. The van der Waals surface area contributed by atoms with E-state index in [2.05, 4.69) is 15.9 Å². The zero-order chi connectivity index (χ0) is 13.4. The molecule has 18 heavy (non-hydrogen) atoms. The van der Waals surface area contributed by atoms with E-state index >= 15 is 0 Å². The predicted octanol–water partition coefficient (Wildman–Crippen LogP) is 2.19. The van der Waals surface area contributed by atoms with Crippen LogP contribution >= 0.6 is 15.9 Å². The maximum Gasteiger partial charge on any atom is 0.309 e. The Labute approximate surface area is 112 Å². The third-order valence-electron chi connectivity index (χ3n) is 3.18. The van der Waals surface area contributed by atoms with Crippen LogP contribution < -0.4 is 0 Å². The number of likely N-dealkylation sites (tertiary alicyclic amines) is 1. The lowest BCUT2D eigenvalue weighted by molar-refractivity contribution is -0.142. The number of rotatable bonds is 2. The molecule has 1 aromatic rings. The van der Waals surface area contributed by atoms with Crippen LogP contribution in [0.2, 0.25) is 0 Å². The molecular weight excluding hydrogens is 305 g/mol. The largest absolute Gasteiger partial charge is 0.481 e. The number of aliphatic carboxylic acids is 1. The van der Waals surface area contributed by atoms with Crippen molar-refractivity contribution in [3.05, 3.63) is 34.1 Å². The molecule has 6 heteroatoms. The van der Waals surface area contributed by atoms with Gasteiger partial charge in [0.2, 0.25) is 5.91 Å². The molecule has 1 N–H and O–H groups in total. The van der Waals surface area contributed by atoms with Crippen molar-refractivity contribution < 1.29 is 19.1 Å². The lowest BCUT2D eigenvalue weighted by Gasteiger charge is -2.24. The smallest absolute Gasteiger partial charge is 0.309 e. The van der Waals surface area contributed by atoms with Crippen LogP contribution in [-0.4, -0.2) is 28.9 Å². The van der Waals surface area contributed by atoms with Crippen molar-refractivity contribution in [1.82, 2.24) is 4.90 Å². The molecule has 1 amide bonds. The van der Waals surface area contributed by atoms with Gasteiger partial charge in [0.15, 0.2) is 0 Å². The van der Waals surface area contributed by atoms with Crippen LogP contribution in [0.15, 0.2) is 22.7 Å². The van der Waals surface area contributed by atoms with Crippen LogP contribution in [0.5, 0.6) is 0 Å². The quantitative estimate of drug-likeness (QED) is 0.910. The zero-order valence-corrected chi connectivity index (χ0v) is 11.1. The van der Waals surface area contributed by atoms with Gasteiger partial charge in [-0.1, -0.05) is 22.0 Å². The van der Waals surface area contributed by atoms with Crippen LogP contribution in [0.25, 0.3) is 0 Å². The summed E-state index contributed by atoms with van der Waals surface area (Å²) in [5, 5.41) is 9.16. The number of hydrogen-bond donors (Lipinski definition) is 1. The van der Waals surface area contributed by atoms with Crippen LogP contribution in [0, 0.1) is 11.7 Å². The van der Waals surface area contributed by atoms with E-state index in [1.165, 1.54) is 23.1 Å². The van der Waals surface area contributed by atoms with Gasteiger partial charge >= 0.3 is 5.97 Å². The van der Waals surface area contributed by atoms with Crippen LogP contribution in [0.1, 0.15) is 18.0 Å². The van der Waals surface area contributed by atoms with E-state index in [4.69, 9.17) is 5.11 Å². The fourth-order valence-electron chi connectivity index (χ4n) is 2.26. The molecule has 1 aliphatic rings. The monoisotopic (exact) mass is 315 g/mol. The molecule has 2 atom stereocenters. The van der Waals surface area contributed by atoms with Gasteiger partial charge in [-0.3, -0.25) is 9.59 Å². The molecule has 0 radical (unpaired) electrons. The highest BCUT2D eigenvalue weighted by atomic mass is 79.9. The van der Waals surface area contributed by atoms with Crippen molar-refractivity contribution in [3.63, 3.8) is 0 Å². The van der Waals surface area contributed by atoms with Crippen molar-refractivity contribution in [2.24, 2.45) is 5.92 Å². The van der Waals surface area contributed by atoms with E-state index in [1.807, 2.05) is 0 Å². The number of carboxylic acids is 1. The van der Waals surface area contributed by atoms with Gasteiger partial charge in [0.25, 0.3) is 0 Å². The number of amides is 1. The summed E-state index contributed by atoms with van der Waals surface area (Å²) in [4.78, 5) is 24.2. The summed E-state index contributed by atoms with van der Waals surface area (Å²) < 4.78 is 13.5. The molecule has 0 saturated carbocycles. The molecule has 0 bridgehead atoms. The summed E-state index contributed by atoms with van der Waals surface area (Å²) in [7, 11) is 1.56. The number of carbonyl (C=O) groups excluding carboxylic acids is 1. The second-order valence-electron chi connectivity index (χ2n) is 4.26. The van der Waals surface area contributed by atoms with Crippen LogP contribution in [0.3, 0.4) is 0 Å². The Bertz CT molecular complexity index is 520. The highest BCUT2D eigenvalue weighted by Crippen LogP contribution is 2.40. The molecule has 0 spiro atoms. The standard InChI is InChI=1S/C12H11BrFNO3/c1-15-10(16)5-8(12(17)18)11(15)7-3-2-6(14)4-9(7)13/h2-4,8,11H,5H2,1H3,(H,17,18). The van der Waals surface area contributed by atoms with Crippen molar-refractivity contribution in [3.8, 4) is 0 Å². The third-order valence-corrected chi connectivity index (χ3v) is 3.87. The molecular formula is C12H11BrFNO3. The van der Waals surface area contributed by atoms with E-state index < -0.39 is 23.7 Å². The van der Waals surface area contributed by atoms with Gasteiger partial charge in [-0.2, -0.15) is 0 Å². The van der Waals surface area contributed by atoms with Gasteiger partial charge in [0.05, 0.1) is 12.0 Å². The summed E-state index contributed by atoms with van der Waals surface area (Å²) in [6.45, 7) is 0.